The number of nitrogens with one attached hydrogen (secondary N) is 1. The van der Waals surface area contributed by atoms with Crippen molar-refractivity contribution in [1.29, 1.82) is 0 Å². The Morgan fingerprint density at radius 1 is 1.24 bits per heavy atom. The van der Waals surface area contributed by atoms with Crippen molar-refractivity contribution < 1.29 is 0 Å². The SMILES string of the molecule is CN(C)C1(CNCc2cnn(-c3ccccc3)c2)CCC1. The quantitative estimate of drug-likeness (QED) is 0.884. The van der Waals surface area contributed by atoms with Crippen LogP contribution >= 0.6 is 0 Å². The van der Waals surface area contributed by atoms with E-state index in [1.165, 1.54) is 24.8 Å². The molecule has 4 heteroatoms. The highest BCUT2D eigenvalue weighted by Crippen LogP contribution is 2.35. The van der Waals surface area contributed by atoms with Crippen LogP contribution < -0.4 is 5.32 Å². The first-order chi connectivity index (χ1) is 10.2. The maximum atomic E-state index is 4.44. The van der Waals surface area contributed by atoms with Gasteiger partial charge in [0.2, 0.25) is 0 Å². The standard InChI is InChI=1S/C17H24N4/c1-20(2)17(9-6-10-17)14-18-11-15-12-19-21(13-15)16-7-4-3-5-8-16/h3-5,7-8,12-13,18H,6,9-11,14H2,1-2H3. The van der Waals surface area contributed by atoms with Crippen LogP contribution in [-0.4, -0.2) is 40.9 Å². The van der Waals surface area contributed by atoms with Gasteiger partial charge in [0.05, 0.1) is 11.9 Å². The van der Waals surface area contributed by atoms with Crippen LogP contribution in [0.25, 0.3) is 5.69 Å². The van der Waals surface area contributed by atoms with E-state index in [4.69, 9.17) is 0 Å². The number of aromatic nitrogens is 2. The van der Waals surface area contributed by atoms with E-state index in [-0.39, 0.29) is 0 Å². The Morgan fingerprint density at radius 2 is 2.00 bits per heavy atom. The van der Waals surface area contributed by atoms with Gasteiger partial charge in [-0.1, -0.05) is 18.2 Å². The van der Waals surface area contributed by atoms with Crippen molar-refractivity contribution in [3.63, 3.8) is 0 Å². The van der Waals surface area contributed by atoms with Crippen LogP contribution in [0, 0.1) is 0 Å². The summed E-state index contributed by atoms with van der Waals surface area (Å²) in [6.45, 7) is 1.93. The molecule has 1 saturated carbocycles. The number of likely N-dealkylation sites (N-methyl/N-ethyl adjacent to an activating group) is 1. The topological polar surface area (TPSA) is 33.1 Å². The molecule has 21 heavy (non-hydrogen) atoms. The molecule has 0 aliphatic heterocycles. The summed E-state index contributed by atoms with van der Waals surface area (Å²) in [5, 5.41) is 8.03. The first-order valence-corrected chi connectivity index (χ1v) is 7.67. The Balaban J connectivity index is 1.56. The molecule has 0 unspecified atom stereocenters. The van der Waals surface area contributed by atoms with Gasteiger partial charge in [-0.25, -0.2) is 4.68 Å². The molecule has 1 aliphatic carbocycles. The highest BCUT2D eigenvalue weighted by molar-refractivity contribution is 5.30. The molecule has 1 N–H and O–H groups in total. The van der Waals surface area contributed by atoms with Crippen LogP contribution in [0.3, 0.4) is 0 Å². The van der Waals surface area contributed by atoms with Gasteiger partial charge in [-0.15, -0.1) is 0 Å². The third kappa shape index (κ3) is 3.01. The normalized spacial score (nSPS) is 16.9. The van der Waals surface area contributed by atoms with E-state index in [1.54, 1.807) is 0 Å². The minimum Gasteiger partial charge on any atom is -0.311 e. The van der Waals surface area contributed by atoms with Crippen molar-refractivity contribution in [3.05, 3.63) is 48.3 Å². The predicted octanol–water partition coefficient (Wildman–Crippen LogP) is 2.45. The molecule has 1 fully saturated rings. The zero-order valence-electron chi connectivity index (χ0n) is 12.9. The molecule has 1 aliphatic rings. The van der Waals surface area contributed by atoms with E-state index in [2.05, 4.69) is 47.7 Å². The van der Waals surface area contributed by atoms with Crippen LogP contribution in [0.4, 0.5) is 0 Å². The lowest BCUT2D eigenvalue weighted by Crippen LogP contribution is -2.56. The lowest BCUT2D eigenvalue weighted by atomic mass is 9.75. The van der Waals surface area contributed by atoms with Gasteiger partial charge in [-0.3, -0.25) is 0 Å². The van der Waals surface area contributed by atoms with Gasteiger partial charge in [0, 0.05) is 30.4 Å². The summed E-state index contributed by atoms with van der Waals surface area (Å²) in [5.74, 6) is 0. The van der Waals surface area contributed by atoms with Gasteiger partial charge in [-0.05, 0) is 45.5 Å². The molecule has 0 atom stereocenters. The smallest absolute Gasteiger partial charge is 0.0645 e. The summed E-state index contributed by atoms with van der Waals surface area (Å²) in [6.07, 6.45) is 8.01. The monoisotopic (exact) mass is 284 g/mol. The number of para-hydroxylation sites is 1. The van der Waals surface area contributed by atoms with Crippen molar-refractivity contribution in [1.82, 2.24) is 20.0 Å². The lowest BCUT2D eigenvalue weighted by molar-refractivity contribution is 0.0598. The number of hydrogen-bond acceptors (Lipinski definition) is 3. The summed E-state index contributed by atoms with van der Waals surface area (Å²) in [4.78, 5) is 2.37. The molecular weight excluding hydrogens is 260 g/mol. The van der Waals surface area contributed by atoms with Crippen LogP contribution in [-0.2, 0) is 6.54 Å². The molecule has 2 aromatic rings. The Hall–Kier alpha value is -1.65. The summed E-state index contributed by atoms with van der Waals surface area (Å²) < 4.78 is 1.93. The van der Waals surface area contributed by atoms with E-state index in [0.29, 0.717) is 5.54 Å². The third-order valence-electron chi connectivity index (χ3n) is 4.67. The van der Waals surface area contributed by atoms with Crippen LogP contribution in [0.2, 0.25) is 0 Å². The Morgan fingerprint density at radius 3 is 2.62 bits per heavy atom. The second kappa shape index (κ2) is 6.00. The van der Waals surface area contributed by atoms with Gasteiger partial charge >= 0.3 is 0 Å². The van der Waals surface area contributed by atoms with Crippen molar-refractivity contribution >= 4 is 0 Å². The molecule has 1 heterocycles. The molecular formula is C17H24N4. The fraction of sp³-hybridized carbons (Fsp3) is 0.471. The summed E-state index contributed by atoms with van der Waals surface area (Å²) in [7, 11) is 4.38. The Bertz CT molecular complexity index is 569. The maximum Gasteiger partial charge on any atom is 0.0645 e. The predicted molar refractivity (Wildman–Crippen MR) is 85.5 cm³/mol. The summed E-state index contributed by atoms with van der Waals surface area (Å²) in [5.41, 5.74) is 2.70. The van der Waals surface area contributed by atoms with E-state index in [1.807, 2.05) is 29.1 Å². The zero-order chi connectivity index (χ0) is 14.7. The molecule has 1 aromatic heterocycles. The van der Waals surface area contributed by atoms with Crippen molar-refractivity contribution in [2.75, 3.05) is 20.6 Å². The first kappa shape index (κ1) is 14.3. The van der Waals surface area contributed by atoms with Crippen LogP contribution in [0.15, 0.2) is 42.7 Å². The Kier molecular flexibility index (Phi) is 4.08. The molecule has 4 nitrogen and oxygen atoms in total. The highest BCUT2D eigenvalue weighted by atomic mass is 15.3. The van der Waals surface area contributed by atoms with Gasteiger partial charge in [0.25, 0.3) is 0 Å². The third-order valence-corrected chi connectivity index (χ3v) is 4.67. The molecule has 3 rings (SSSR count). The maximum absolute atomic E-state index is 4.44. The molecule has 112 valence electrons. The molecule has 1 aromatic carbocycles. The highest BCUT2D eigenvalue weighted by Gasteiger charge is 2.38. The second-order valence-corrected chi connectivity index (χ2v) is 6.20. The van der Waals surface area contributed by atoms with Crippen LogP contribution in [0.1, 0.15) is 24.8 Å². The van der Waals surface area contributed by atoms with Gasteiger partial charge in [0.15, 0.2) is 0 Å². The molecule has 0 spiro atoms. The molecule has 0 radical (unpaired) electrons. The average molecular weight is 284 g/mol. The fourth-order valence-electron chi connectivity index (χ4n) is 2.98. The fourth-order valence-corrected chi connectivity index (χ4v) is 2.98. The van der Waals surface area contributed by atoms with E-state index in [9.17, 15) is 0 Å². The second-order valence-electron chi connectivity index (χ2n) is 6.20. The number of rotatable bonds is 6. The summed E-state index contributed by atoms with van der Waals surface area (Å²) in [6, 6.07) is 10.2. The van der Waals surface area contributed by atoms with Gasteiger partial charge in [0.1, 0.15) is 0 Å². The van der Waals surface area contributed by atoms with Crippen molar-refractivity contribution in [2.24, 2.45) is 0 Å². The Labute approximate surface area is 126 Å². The van der Waals surface area contributed by atoms with Crippen LogP contribution in [0.5, 0.6) is 0 Å². The van der Waals surface area contributed by atoms with E-state index < -0.39 is 0 Å². The number of benzene rings is 1. The lowest BCUT2D eigenvalue weighted by Gasteiger charge is -2.47. The summed E-state index contributed by atoms with van der Waals surface area (Å²) >= 11 is 0. The molecule has 0 saturated heterocycles. The minimum atomic E-state index is 0.370. The van der Waals surface area contributed by atoms with E-state index >= 15 is 0 Å². The molecule has 0 bridgehead atoms. The minimum absolute atomic E-state index is 0.370. The van der Waals surface area contributed by atoms with Gasteiger partial charge < -0.3 is 10.2 Å². The van der Waals surface area contributed by atoms with Crippen molar-refractivity contribution in [3.8, 4) is 5.69 Å². The zero-order valence-corrected chi connectivity index (χ0v) is 12.9. The number of nitrogens with zero attached hydrogens (tertiary/aromatic N) is 3. The van der Waals surface area contributed by atoms with Crippen molar-refractivity contribution in [2.45, 2.75) is 31.3 Å². The van der Waals surface area contributed by atoms with E-state index in [0.717, 1.165) is 18.8 Å². The average Bonchev–Trinajstić information content (AvgIpc) is 2.91. The van der Waals surface area contributed by atoms with Gasteiger partial charge in [-0.2, -0.15) is 5.10 Å². The largest absolute Gasteiger partial charge is 0.311 e. The molecule has 0 amide bonds. The number of hydrogen-bond donors (Lipinski definition) is 1. The first-order valence-electron chi connectivity index (χ1n) is 7.67.